The molecule has 0 spiro atoms. The first-order chi connectivity index (χ1) is 10.6. The molecular formula is C17H14O5. The molecule has 0 radical (unpaired) electrons. The highest BCUT2D eigenvalue weighted by molar-refractivity contribution is 5.91. The van der Waals surface area contributed by atoms with Crippen molar-refractivity contribution in [2.45, 2.75) is 0 Å². The Kier molecular flexibility index (Phi) is 4.93. The third kappa shape index (κ3) is 3.73. The summed E-state index contributed by atoms with van der Waals surface area (Å²) in [4.78, 5) is 22.4. The Morgan fingerprint density at radius 3 is 2.32 bits per heavy atom. The largest absolute Gasteiger partial charge is 0.478 e. The lowest BCUT2D eigenvalue weighted by atomic mass is 10.1. The molecule has 0 aromatic heterocycles. The van der Waals surface area contributed by atoms with Crippen molar-refractivity contribution in [2.75, 3.05) is 7.11 Å². The fourth-order valence-electron chi connectivity index (χ4n) is 1.79. The van der Waals surface area contributed by atoms with Gasteiger partial charge < -0.3 is 14.6 Å². The van der Waals surface area contributed by atoms with E-state index in [0.29, 0.717) is 11.3 Å². The lowest BCUT2D eigenvalue weighted by Gasteiger charge is -2.10. The average Bonchev–Trinajstić information content (AvgIpc) is 2.54. The van der Waals surface area contributed by atoms with E-state index >= 15 is 0 Å². The smallest absolute Gasteiger partial charge is 0.339 e. The molecule has 5 nitrogen and oxygen atoms in total. The van der Waals surface area contributed by atoms with Crippen LogP contribution in [0.15, 0.2) is 54.6 Å². The van der Waals surface area contributed by atoms with Gasteiger partial charge in [0.1, 0.15) is 17.1 Å². The van der Waals surface area contributed by atoms with Crippen LogP contribution in [0.3, 0.4) is 0 Å². The second-order valence-electron chi connectivity index (χ2n) is 4.30. The molecule has 0 aliphatic rings. The highest BCUT2D eigenvalue weighted by atomic mass is 16.5. The maximum Gasteiger partial charge on any atom is 0.339 e. The minimum absolute atomic E-state index is 0.0641. The van der Waals surface area contributed by atoms with Crippen molar-refractivity contribution >= 4 is 18.0 Å². The predicted molar refractivity (Wildman–Crippen MR) is 81.0 cm³/mol. The highest BCUT2D eigenvalue weighted by Gasteiger charge is 2.12. The normalized spacial score (nSPS) is 10.4. The van der Waals surface area contributed by atoms with Crippen molar-refractivity contribution in [2.24, 2.45) is 0 Å². The van der Waals surface area contributed by atoms with Crippen LogP contribution in [0.2, 0.25) is 0 Å². The van der Waals surface area contributed by atoms with Crippen molar-refractivity contribution < 1.29 is 24.2 Å². The minimum atomic E-state index is -1.07. The zero-order valence-electron chi connectivity index (χ0n) is 11.9. The first-order valence-electron chi connectivity index (χ1n) is 6.47. The number of hydrogen-bond donors (Lipinski definition) is 1. The SMILES string of the molecule is COC(=O)/C=C/c1ccccc1Oc1ccccc1C(=O)O. The number of carbonyl (C=O) groups is 2. The number of rotatable bonds is 5. The molecule has 22 heavy (non-hydrogen) atoms. The maximum atomic E-state index is 11.2. The van der Waals surface area contributed by atoms with Crippen LogP contribution < -0.4 is 4.74 Å². The Labute approximate surface area is 127 Å². The average molecular weight is 298 g/mol. The third-order valence-corrected chi connectivity index (χ3v) is 2.86. The van der Waals surface area contributed by atoms with Gasteiger partial charge in [0.25, 0.3) is 0 Å². The molecule has 0 saturated carbocycles. The Morgan fingerprint density at radius 2 is 1.64 bits per heavy atom. The molecule has 0 bridgehead atoms. The number of benzene rings is 2. The molecule has 2 aromatic carbocycles. The van der Waals surface area contributed by atoms with Gasteiger partial charge in [0.15, 0.2) is 0 Å². The van der Waals surface area contributed by atoms with Gasteiger partial charge in [-0.1, -0.05) is 30.3 Å². The fourth-order valence-corrected chi connectivity index (χ4v) is 1.79. The molecule has 0 fully saturated rings. The number of hydrogen-bond acceptors (Lipinski definition) is 4. The first-order valence-corrected chi connectivity index (χ1v) is 6.47. The number of carboxylic acids is 1. The zero-order valence-corrected chi connectivity index (χ0v) is 11.9. The van der Waals surface area contributed by atoms with Gasteiger partial charge >= 0.3 is 11.9 Å². The van der Waals surface area contributed by atoms with Crippen LogP contribution in [0.1, 0.15) is 15.9 Å². The Bertz CT molecular complexity index is 718. The molecular weight excluding hydrogens is 284 g/mol. The number of carbonyl (C=O) groups excluding carboxylic acids is 1. The second kappa shape index (κ2) is 7.08. The number of methoxy groups -OCH3 is 1. The molecule has 1 N–H and O–H groups in total. The number of para-hydroxylation sites is 2. The van der Waals surface area contributed by atoms with Crippen LogP contribution in [0.4, 0.5) is 0 Å². The second-order valence-corrected chi connectivity index (χ2v) is 4.30. The van der Waals surface area contributed by atoms with Gasteiger partial charge in [-0.3, -0.25) is 0 Å². The van der Waals surface area contributed by atoms with E-state index in [-0.39, 0.29) is 11.3 Å². The monoisotopic (exact) mass is 298 g/mol. The zero-order chi connectivity index (χ0) is 15.9. The van der Waals surface area contributed by atoms with E-state index in [1.807, 2.05) is 0 Å². The summed E-state index contributed by atoms with van der Waals surface area (Å²) in [7, 11) is 1.29. The van der Waals surface area contributed by atoms with Crippen LogP contribution in [-0.2, 0) is 9.53 Å². The predicted octanol–water partition coefficient (Wildman–Crippen LogP) is 3.36. The van der Waals surface area contributed by atoms with Gasteiger partial charge in [0.2, 0.25) is 0 Å². The van der Waals surface area contributed by atoms with Crippen molar-refractivity contribution in [1.82, 2.24) is 0 Å². The number of aromatic carboxylic acids is 1. The van der Waals surface area contributed by atoms with E-state index in [1.165, 1.54) is 19.3 Å². The standard InChI is InChI=1S/C17H14O5/c1-21-16(18)11-10-12-6-2-4-8-14(12)22-15-9-5-3-7-13(15)17(19)20/h2-11H,1H3,(H,19,20)/b11-10+. The Balaban J connectivity index is 2.33. The molecule has 112 valence electrons. The Hall–Kier alpha value is -3.08. The summed E-state index contributed by atoms with van der Waals surface area (Å²) in [5.74, 6) is -0.885. The summed E-state index contributed by atoms with van der Waals surface area (Å²) >= 11 is 0. The lowest BCUT2D eigenvalue weighted by molar-refractivity contribution is -0.134. The quantitative estimate of drug-likeness (QED) is 0.677. The van der Waals surface area contributed by atoms with E-state index in [1.54, 1.807) is 48.5 Å². The Morgan fingerprint density at radius 1 is 1.00 bits per heavy atom. The number of esters is 1. The molecule has 0 aliphatic heterocycles. The molecule has 0 atom stereocenters. The maximum absolute atomic E-state index is 11.2. The molecule has 2 rings (SSSR count). The summed E-state index contributed by atoms with van der Waals surface area (Å²) in [6.07, 6.45) is 2.82. The fraction of sp³-hybridized carbons (Fsp3) is 0.0588. The molecule has 0 unspecified atom stereocenters. The molecule has 0 heterocycles. The van der Waals surface area contributed by atoms with Crippen LogP contribution in [0, 0.1) is 0 Å². The van der Waals surface area contributed by atoms with Crippen molar-refractivity contribution in [3.63, 3.8) is 0 Å². The van der Waals surface area contributed by atoms with E-state index in [2.05, 4.69) is 4.74 Å². The van der Waals surface area contributed by atoms with Gasteiger partial charge in [-0.2, -0.15) is 0 Å². The van der Waals surface area contributed by atoms with Crippen LogP contribution in [0.5, 0.6) is 11.5 Å². The van der Waals surface area contributed by atoms with Gasteiger partial charge in [-0.05, 0) is 24.3 Å². The lowest BCUT2D eigenvalue weighted by Crippen LogP contribution is -2.00. The van der Waals surface area contributed by atoms with Gasteiger partial charge in [0, 0.05) is 11.6 Å². The summed E-state index contributed by atoms with van der Waals surface area (Å²) in [5, 5.41) is 9.17. The molecule has 5 heteroatoms. The topological polar surface area (TPSA) is 72.8 Å². The molecule has 2 aromatic rings. The summed E-state index contributed by atoms with van der Waals surface area (Å²) in [5.41, 5.74) is 0.697. The summed E-state index contributed by atoms with van der Waals surface area (Å²) in [6, 6.07) is 13.3. The molecule has 0 amide bonds. The molecule has 0 saturated heterocycles. The van der Waals surface area contributed by atoms with Gasteiger partial charge in [0.05, 0.1) is 7.11 Å². The van der Waals surface area contributed by atoms with E-state index in [0.717, 1.165) is 0 Å². The summed E-state index contributed by atoms with van der Waals surface area (Å²) in [6.45, 7) is 0. The van der Waals surface area contributed by atoms with E-state index in [9.17, 15) is 9.59 Å². The van der Waals surface area contributed by atoms with E-state index < -0.39 is 11.9 Å². The first kappa shape index (κ1) is 15.3. The van der Waals surface area contributed by atoms with Gasteiger partial charge in [-0.25, -0.2) is 9.59 Å². The van der Waals surface area contributed by atoms with Gasteiger partial charge in [-0.15, -0.1) is 0 Å². The minimum Gasteiger partial charge on any atom is -0.478 e. The number of carboxylic acid groups (broad SMARTS) is 1. The number of ether oxygens (including phenoxy) is 2. The van der Waals surface area contributed by atoms with E-state index in [4.69, 9.17) is 9.84 Å². The van der Waals surface area contributed by atoms with Crippen molar-refractivity contribution in [3.8, 4) is 11.5 Å². The molecule has 0 aliphatic carbocycles. The highest BCUT2D eigenvalue weighted by Crippen LogP contribution is 2.28. The third-order valence-electron chi connectivity index (χ3n) is 2.86. The van der Waals surface area contributed by atoms with Crippen molar-refractivity contribution in [1.29, 1.82) is 0 Å². The van der Waals surface area contributed by atoms with Crippen LogP contribution in [-0.4, -0.2) is 24.2 Å². The van der Waals surface area contributed by atoms with Crippen molar-refractivity contribution in [3.05, 3.63) is 65.7 Å². The van der Waals surface area contributed by atoms with Crippen LogP contribution >= 0.6 is 0 Å². The van der Waals surface area contributed by atoms with Crippen LogP contribution in [0.25, 0.3) is 6.08 Å². The summed E-state index contributed by atoms with van der Waals surface area (Å²) < 4.78 is 10.2.